The van der Waals surface area contributed by atoms with Crippen molar-refractivity contribution in [2.45, 2.75) is 37.4 Å². The van der Waals surface area contributed by atoms with Crippen LogP contribution in [0, 0.1) is 6.92 Å². The molecule has 0 fully saturated rings. The molecule has 0 aromatic carbocycles. The fourth-order valence-corrected chi connectivity index (χ4v) is 4.54. The van der Waals surface area contributed by atoms with Gasteiger partial charge < -0.3 is 0 Å². The number of aryl methyl sites for hydroxylation is 1. The van der Waals surface area contributed by atoms with Crippen molar-refractivity contribution < 1.29 is 8.42 Å². The summed E-state index contributed by atoms with van der Waals surface area (Å²) in [5.74, 6) is 0. The second kappa shape index (κ2) is 4.95. The van der Waals surface area contributed by atoms with Gasteiger partial charge in [-0.3, -0.25) is 0 Å². The molecule has 6 heteroatoms. The van der Waals surface area contributed by atoms with E-state index in [1.807, 2.05) is 20.8 Å². The van der Waals surface area contributed by atoms with Gasteiger partial charge in [0, 0.05) is 6.04 Å². The van der Waals surface area contributed by atoms with Crippen LogP contribution in [0.25, 0.3) is 0 Å². The fraction of sp³-hybridized carbons (Fsp3) is 0.556. The van der Waals surface area contributed by atoms with Crippen LogP contribution in [0.1, 0.15) is 25.8 Å². The molecule has 0 aliphatic heterocycles. The van der Waals surface area contributed by atoms with E-state index in [0.29, 0.717) is 4.21 Å². The van der Waals surface area contributed by atoms with Crippen LogP contribution in [0.5, 0.6) is 0 Å². The molecule has 0 bridgehead atoms. The van der Waals surface area contributed by atoms with E-state index in [-0.39, 0.29) is 6.04 Å². The lowest BCUT2D eigenvalue weighted by Crippen LogP contribution is -2.31. The molecule has 1 rings (SSSR count). The van der Waals surface area contributed by atoms with Crippen LogP contribution < -0.4 is 4.72 Å². The Kier molecular flexibility index (Phi) is 4.34. The first-order chi connectivity index (χ1) is 6.86. The maximum atomic E-state index is 11.8. The highest BCUT2D eigenvalue weighted by atomic mass is 79.9. The van der Waals surface area contributed by atoms with Crippen molar-refractivity contribution in [2.24, 2.45) is 0 Å². The topological polar surface area (TPSA) is 46.2 Å². The quantitative estimate of drug-likeness (QED) is 0.929. The van der Waals surface area contributed by atoms with Crippen LogP contribution in [0.15, 0.2) is 14.1 Å². The number of halogens is 1. The van der Waals surface area contributed by atoms with Gasteiger partial charge in [-0.1, -0.05) is 6.92 Å². The normalized spacial score (nSPS) is 14.1. The molecule has 0 aliphatic carbocycles. The Bertz CT molecular complexity index is 419. The summed E-state index contributed by atoms with van der Waals surface area (Å²) in [7, 11) is -3.33. The van der Waals surface area contributed by atoms with Crippen molar-refractivity contribution >= 4 is 37.3 Å². The Labute approximate surface area is 103 Å². The lowest BCUT2D eigenvalue weighted by atomic mass is 10.3. The summed E-state index contributed by atoms with van der Waals surface area (Å²) in [6.45, 7) is 5.68. The Balaban J connectivity index is 2.96. The average molecular weight is 312 g/mol. The molecule has 0 saturated heterocycles. The SMILES string of the molecule is CCC(C)NS(=O)(=O)c1cc(C)c(Br)s1. The van der Waals surface area contributed by atoms with Crippen LogP contribution in [0.4, 0.5) is 0 Å². The highest BCUT2D eigenvalue weighted by Crippen LogP contribution is 2.30. The predicted molar refractivity (Wildman–Crippen MR) is 66.8 cm³/mol. The summed E-state index contributed by atoms with van der Waals surface area (Å²) >= 11 is 4.56. The Morgan fingerprint density at radius 3 is 2.60 bits per heavy atom. The molecule has 3 nitrogen and oxygen atoms in total. The average Bonchev–Trinajstić information content (AvgIpc) is 2.47. The number of rotatable bonds is 4. The maximum Gasteiger partial charge on any atom is 0.250 e. The van der Waals surface area contributed by atoms with E-state index >= 15 is 0 Å². The highest BCUT2D eigenvalue weighted by molar-refractivity contribution is 9.11. The van der Waals surface area contributed by atoms with Crippen molar-refractivity contribution in [3.63, 3.8) is 0 Å². The third kappa shape index (κ3) is 3.27. The molecule has 1 atom stereocenters. The van der Waals surface area contributed by atoms with Gasteiger partial charge >= 0.3 is 0 Å². The fourth-order valence-electron chi connectivity index (χ4n) is 0.970. The molecule has 15 heavy (non-hydrogen) atoms. The molecule has 0 amide bonds. The first kappa shape index (κ1) is 13.2. The lowest BCUT2D eigenvalue weighted by Gasteiger charge is -2.10. The molecule has 86 valence electrons. The number of thiophene rings is 1. The first-order valence-corrected chi connectivity index (χ1v) is 7.74. The lowest BCUT2D eigenvalue weighted by molar-refractivity contribution is 0.558. The second-order valence-electron chi connectivity index (χ2n) is 3.45. The molecule has 1 unspecified atom stereocenters. The van der Waals surface area contributed by atoms with Crippen LogP contribution in [-0.2, 0) is 10.0 Å². The smallest absolute Gasteiger partial charge is 0.208 e. The molecular weight excluding hydrogens is 298 g/mol. The van der Waals surface area contributed by atoms with E-state index in [0.717, 1.165) is 15.8 Å². The molecule has 0 radical (unpaired) electrons. The maximum absolute atomic E-state index is 11.8. The Morgan fingerprint density at radius 2 is 2.20 bits per heavy atom. The van der Waals surface area contributed by atoms with Crippen molar-refractivity contribution in [1.82, 2.24) is 4.72 Å². The Morgan fingerprint density at radius 1 is 1.60 bits per heavy atom. The Hall–Kier alpha value is 0.0900. The zero-order chi connectivity index (χ0) is 11.6. The minimum atomic E-state index is -3.33. The van der Waals surface area contributed by atoms with Crippen LogP contribution >= 0.6 is 27.3 Å². The van der Waals surface area contributed by atoms with E-state index in [1.54, 1.807) is 6.07 Å². The zero-order valence-corrected chi connectivity index (χ0v) is 12.1. The molecular formula is C9H14BrNO2S2. The molecule has 0 aliphatic rings. The molecule has 1 heterocycles. The van der Waals surface area contributed by atoms with Gasteiger partial charge in [0.15, 0.2) is 0 Å². The number of hydrogen-bond acceptors (Lipinski definition) is 3. The van der Waals surface area contributed by atoms with Crippen molar-refractivity contribution in [3.8, 4) is 0 Å². The number of nitrogens with one attached hydrogen (secondary N) is 1. The van der Waals surface area contributed by atoms with Gasteiger partial charge in [-0.15, -0.1) is 11.3 Å². The molecule has 1 aromatic rings. The van der Waals surface area contributed by atoms with Crippen molar-refractivity contribution in [1.29, 1.82) is 0 Å². The van der Waals surface area contributed by atoms with E-state index in [4.69, 9.17) is 0 Å². The predicted octanol–water partition coefficient (Wildman–Crippen LogP) is 2.90. The summed E-state index contributed by atoms with van der Waals surface area (Å²) in [5.41, 5.74) is 0.949. The zero-order valence-electron chi connectivity index (χ0n) is 8.87. The van der Waals surface area contributed by atoms with Gasteiger partial charge in [0.05, 0.1) is 3.79 Å². The van der Waals surface area contributed by atoms with Gasteiger partial charge in [0.1, 0.15) is 4.21 Å². The summed E-state index contributed by atoms with van der Waals surface area (Å²) < 4.78 is 27.6. The third-order valence-electron chi connectivity index (χ3n) is 2.07. The van der Waals surface area contributed by atoms with Gasteiger partial charge in [-0.25, -0.2) is 13.1 Å². The van der Waals surface area contributed by atoms with Gasteiger partial charge in [0.2, 0.25) is 10.0 Å². The van der Waals surface area contributed by atoms with Crippen LogP contribution in [-0.4, -0.2) is 14.5 Å². The molecule has 1 aromatic heterocycles. The van der Waals surface area contributed by atoms with Gasteiger partial charge in [-0.05, 0) is 47.8 Å². The molecule has 1 N–H and O–H groups in total. The van der Waals surface area contributed by atoms with E-state index in [2.05, 4.69) is 20.7 Å². The van der Waals surface area contributed by atoms with Crippen LogP contribution in [0.3, 0.4) is 0 Å². The van der Waals surface area contributed by atoms with Crippen molar-refractivity contribution in [3.05, 3.63) is 15.4 Å². The minimum absolute atomic E-state index is 0.0313. The summed E-state index contributed by atoms with van der Waals surface area (Å²) in [6, 6.07) is 1.65. The minimum Gasteiger partial charge on any atom is -0.208 e. The summed E-state index contributed by atoms with van der Waals surface area (Å²) in [6.07, 6.45) is 0.782. The molecule has 0 spiro atoms. The summed E-state index contributed by atoms with van der Waals surface area (Å²) in [5, 5.41) is 0. The van der Waals surface area contributed by atoms with Crippen LogP contribution in [0.2, 0.25) is 0 Å². The molecule has 0 saturated carbocycles. The summed E-state index contributed by atoms with van der Waals surface area (Å²) in [4.78, 5) is 0. The monoisotopic (exact) mass is 311 g/mol. The van der Waals surface area contributed by atoms with E-state index < -0.39 is 10.0 Å². The largest absolute Gasteiger partial charge is 0.250 e. The standard InChI is InChI=1S/C9H14BrNO2S2/c1-4-7(3)11-15(12,13)8-5-6(2)9(10)14-8/h5,7,11H,4H2,1-3H3. The highest BCUT2D eigenvalue weighted by Gasteiger charge is 2.19. The first-order valence-electron chi connectivity index (χ1n) is 4.65. The van der Waals surface area contributed by atoms with E-state index in [9.17, 15) is 8.42 Å². The third-order valence-corrected chi connectivity index (χ3v) is 6.27. The second-order valence-corrected chi connectivity index (χ2v) is 7.76. The van der Waals surface area contributed by atoms with Gasteiger partial charge in [0.25, 0.3) is 0 Å². The van der Waals surface area contributed by atoms with Crippen molar-refractivity contribution in [2.75, 3.05) is 0 Å². The number of sulfonamides is 1. The van der Waals surface area contributed by atoms with E-state index in [1.165, 1.54) is 11.3 Å². The van der Waals surface area contributed by atoms with Gasteiger partial charge in [-0.2, -0.15) is 0 Å². The number of hydrogen-bond donors (Lipinski definition) is 1.